The molecule has 1 rings (SSSR count). The van der Waals surface area contributed by atoms with Crippen molar-refractivity contribution in [1.82, 2.24) is 0 Å². The molecule has 0 fully saturated rings. The van der Waals surface area contributed by atoms with Crippen LogP contribution in [-0.2, 0) is 4.74 Å². The molecule has 4 nitrogen and oxygen atoms in total. The number of benzene rings is 1. The van der Waals surface area contributed by atoms with Gasteiger partial charge in [0, 0.05) is 0 Å². The molecule has 0 aromatic heterocycles. The van der Waals surface area contributed by atoms with Crippen molar-refractivity contribution in [2.75, 3.05) is 12.3 Å². The van der Waals surface area contributed by atoms with Gasteiger partial charge in [-0.25, -0.2) is 4.79 Å². The molecule has 0 heterocycles. The Kier molecular flexibility index (Phi) is 7.65. The minimum absolute atomic E-state index is 0.0923. The van der Waals surface area contributed by atoms with Crippen molar-refractivity contribution in [2.45, 2.75) is 59.0 Å². The number of esters is 1. The lowest BCUT2D eigenvalue weighted by molar-refractivity contribution is 0.0315. The molecule has 1 unspecified atom stereocenters. The van der Waals surface area contributed by atoms with E-state index in [0.717, 1.165) is 12.8 Å². The van der Waals surface area contributed by atoms with Gasteiger partial charge in [-0.2, -0.15) is 0 Å². The zero-order valence-corrected chi connectivity index (χ0v) is 13.4. The van der Waals surface area contributed by atoms with Gasteiger partial charge < -0.3 is 15.2 Å². The summed E-state index contributed by atoms with van der Waals surface area (Å²) >= 11 is 0. The molecule has 0 saturated carbocycles. The van der Waals surface area contributed by atoms with Crippen LogP contribution in [0.3, 0.4) is 0 Å². The Morgan fingerprint density at radius 2 is 2.00 bits per heavy atom. The summed E-state index contributed by atoms with van der Waals surface area (Å²) in [7, 11) is 0. The molecule has 1 atom stereocenters. The number of unbranched alkanes of at least 4 members (excludes halogenated alkanes) is 3. The molecule has 118 valence electrons. The van der Waals surface area contributed by atoms with E-state index >= 15 is 0 Å². The van der Waals surface area contributed by atoms with E-state index in [1.165, 1.54) is 19.3 Å². The Labute approximate surface area is 127 Å². The van der Waals surface area contributed by atoms with E-state index in [-0.39, 0.29) is 12.1 Å². The lowest BCUT2D eigenvalue weighted by atomic mass is 10.1. The quantitative estimate of drug-likeness (QED) is 0.421. The molecule has 1 aromatic rings. The Morgan fingerprint density at radius 3 is 2.67 bits per heavy atom. The summed E-state index contributed by atoms with van der Waals surface area (Å²) in [6.45, 7) is 6.42. The Bertz CT molecular complexity index is 446. The molecule has 0 aliphatic carbocycles. The maximum atomic E-state index is 12.2. The maximum Gasteiger partial charge on any atom is 0.342 e. The van der Waals surface area contributed by atoms with Crippen molar-refractivity contribution >= 4 is 11.7 Å². The first-order valence-electron chi connectivity index (χ1n) is 7.82. The molecule has 1 aromatic carbocycles. The van der Waals surface area contributed by atoms with E-state index in [2.05, 4.69) is 6.92 Å². The second-order valence-electron chi connectivity index (χ2n) is 5.22. The summed E-state index contributed by atoms with van der Waals surface area (Å²) in [5.74, 6) is 0.0527. The van der Waals surface area contributed by atoms with Crippen LogP contribution in [0.15, 0.2) is 18.2 Å². The molecule has 4 heteroatoms. The molecule has 0 saturated heterocycles. The van der Waals surface area contributed by atoms with E-state index in [1.807, 2.05) is 13.8 Å². The van der Waals surface area contributed by atoms with Gasteiger partial charge in [-0.15, -0.1) is 0 Å². The van der Waals surface area contributed by atoms with E-state index in [4.69, 9.17) is 15.2 Å². The van der Waals surface area contributed by atoms with Crippen molar-refractivity contribution in [3.05, 3.63) is 23.8 Å². The van der Waals surface area contributed by atoms with E-state index in [1.54, 1.807) is 18.2 Å². The molecule has 0 spiro atoms. The van der Waals surface area contributed by atoms with Gasteiger partial charge in [0.25, 0.3) is 0 Å². The SMILES string of the molecule is CCCCCCC(C)OC(=O)c1cccc(N)c1OCC. The number of hydrogen-bond acceptors (Lipinski definition) is 4. The van der Waals surface area contributed by atoms with Crippen molar-refractivity contribution in [2.24, 2.45) is 0 Å². The largest absolute Gasteiger partial charge is 0.491 e. The third-order valence-electron chi connectivity index (χ3n) is 3.33. The molecule has 0 aliphatic rings. The zero-order valence-electron chi connectivity index (χ0n) is 13.4. The smallest absolute Gasteiger partial charge is 0.342 e. The Hall–Kier alpha value is -1.71. The van der Waals surface area contributed by atoms with E-state index in [0.29, 0.717) is 23.6 Å². The number of hydrogen-bond donors (Lipinski definition) is 1. The van der Waals surface area contributed by atoms with Gasteiger partial charge in [-0.3, -0.25) is 0 Å². The first-order valence-corrected chi connectivity index (χ1v) is 7.82. The second kappa shape index (κ2) is 9.27. The fraction of sp³-hybridized carbons (Fsp3) is 0.588. The highest BCUT2D eigenvalue weighted by atomic mass is 16.5. The zero-order chi connectivity index (χ0) is 15.7. The van der Waals surface area contributed by atoms with Gasteiger partial charge in [0.2, 0.25) is 0 Å². The molecule has 0 radical (unpaired) electrons. The maximum absolute atomic E-state index is 12.2. The summed E-state index contributed by atoms with van der Waals surface area (Å²) < 4.78 is 10.9. The molecule has 2 N–H and O–H groups in total. The summed E-state index contributed by atoms with van der Waals surface area (Å²) in [4.78, 5) is 12.2. The third kappa shape index (κ3) is 5.66. The highest BCUT2D eigenvalue weighted by molar-refractivity contribution is 5.94. The fourth-order valence-electron chi connectivity index (χ4n) is 2.18. The normalized spacial score (nSPS) is 12.0. The van der Waals surface area contributed by atoms with Crippen LogP contribution in [0, 0.1) is 0 Å². The van der Waals surface area contributed by atoms with Crippen LogP contribution in [0.2, 0.25) is 0 Å². The number of nitrogens with two attached hydrogens (primary N) is 1. The van der Waals surface area contributed by atoms with Crippen LogP contribution in [0.25, 0.3) is 0 Å². The highest BCUT2D eigenvalue weighted by Crippen LogP contribution is 2.27. The Balaban J connectivity index is 2.60. The first-order chi connectivity index (χ1) is 10.1. The van der Waals surface area contributed by atoms with Crippen LogP contribution in [0.5, 0.6) is 5.75 Å². The number of anilines is 1. The van der Waals surface area contributed by atoms with Crippen molar-refractivity contribution in [1.29, 1.82) is 0 Å². The average Bonchev–Trinajstić information content (AvgIpc) is 2.46. The van der Waals surface area contributed by atoms with Gasteiger partial charge in [0.1, 0.15) is 5.56 Å². The fourth-order valence-corrected chi connectivity index (χ4v) is 2.18. The molecular weight excluding hydrogens is 266 g/mol. The predicted molar refractivity (Wildman–Crippen MR) is 85.7 cm³/mol. The van der Waals surface area contributed by atoms with E-state index < -0.39 is 0 Å². The van der Waals surface area contributed by atoms with Gasteiger partial charge in [-0.1, -0.05) is 32.3 Å². The molecule has 0 bridgehead atoms. The Morgan fingerprint density at radius 1 is 1.24 bits per heavy atom. The molecule has 0 aliphatic heterocycles. The van der Waals surface area contributed by atoms with Crippen LogP contribution in [0.1, 0.15) is 63.2 Å². The number of para-hydroxylation sites is 1. The predicted octanol–water partition coefficient (Wildman–Crippen LogP) is 4.18. The summed E-state index contributed by atoms with van der Waals surface area (Å²) in [6, 6.07) is 5.14. The van der Waals surface area contributed by atoms with Gasteiger partial charge in [0.05, 0.1) is 18.4 Å². The van der Waals surface area contributed by atoms with Gasteiger partial charge in [-0.05, 0) is 38.8 Å². The average molecular weight is 293 g/mol. The molecule has 21 heavy (non-hydrogen) atoms. The van der Waals surface area contributed by atoms with Crippen molar-refractivity contribution in [3.8, 4) is 5.75 Å². The topological polar surface area (TPSA) is 61.5 Å². The number of nitrogen functional groups attached to an aromatic ring is 1. The van der Waals surface area contributed by atoms with Crippen LogP contribution in [0.4, 0.5) is 5.69 Å². The number of rotatable bonds is 9. The summed E-state index contributed by atoms with van der Waals surface area (Å²) in [6.07, 6.45) is 5.49. The minimum Gasteiger partial charge on any atom is -0.491 e. The molecular formula is C17H27NO3. The minimum atomic E-state index is -0.367. The first kappa shape index (κ1) is 17.3. The second-order valence-corrected chi connectivity index (χ2v) is 5.22. The third-order valence-corrected chi connectivity index (χ3v) is 3.33. The van der Waals surface area contributed by atoms with Gasteiger partial charge >= 0.3 is 5.97 Å². The standard InChI is InChI=1S/C17H27NO3/c1-4-6-7-8-10-13(3)21-17(19)14-11-9-12-15(18)16(14)20-5-2/h9,11-13H,4-8,10,18H2,1-3H3. The summed E-state index contributed by atoms with van der Waals surface area (Å²) in [5.41, 5.74) is 6.72. The number of carbonyl (C=O) groups excluding carboxylic acids is 1. The van der Waals surface area contributed by atoms with Gasteiger partial charge in [0.15, 0.2) is 5.75 Å². The lowest BCUT2D eigenvalue weighted by Gasteiger charge is -2.16. The van der Waals surface area contributed by atoms with Crippen molar-refractivity contribution < 1.29 is 14.3 Å². The monoisotopic (exact) mass is 293 g/mol. The molecule has 0 amide bonds. The van der Waals surface area contributed by atoms with Crippen LogP contribution < -0.4 is 10.5 Å². The lowest BCUT2D eigenvalue weighted by Crippen LogP contribution is -2.16. The van der Waals surface area contributed by atoms with Crippen LogP contribution >= 0.6 is 0 Å². The van der Waals surface area contributed by atoms with Crippen molar-refractivity contribution in [3.63, 3.8) is 0 Å². The highest BCUT2D eigenvalue weighted by Gasteiger charge is 2.18. The number of carbonyl (C=O) groups is 1. The van der Waals surface area contributed by atoms with Crippen LogP contribution in [-0.4, -0.2) is 18.7 Å². The number of ether oxygens (including phenoxy) is 2. The summed E-state index contributed by atoms with van der Waals surface area (Å²) in [5, 5.41) is 0. The van der Waals surface area contributed by atoms with E-state index in [9.17, 15) is 4.79 Å².